The lowest BCUT2D eigenvalue weighted by atomic mass is 10.5. The molecule has 0 saturated heterocycles. The molecular formula is C10H20N2S. The summed E-state index contributed by atoms with van der Waals surface area (Å²) in [4.78, 5) is 6.66. The number of rotatable bonds is 3. The normalized spacial score (nSPS) is 9.00. The summed E-state index contributed by atoms with van der Waals surface area (Å²) in [7, 11) is 0. The summed E-state index contributed by atoms with van der Waals surface area (Å²) in [5.41, 5.74) is 1.12. The van der Waals surface area contributed by atoms with Gasteiger partial charge in [0.05, 0.1) is 5.69 Å². The van der Waals surface area contributed by atoms with Crippen LogP contribution in [0.15, 0.2) is 5.38 Å². The van der Waals surface area contributed by atoms with Crippen molar-refractivity contribution in [2.75, 3.05) is 18.0 Å². The van der Waals surface area contributed by atoms with Gasteiger partial charge in [-0.3, -0.25) is 0 Å². The number of hydrogen-bond acceptors (Lipinski definition) is 3. The van der Waals surface area contributed by atoms with Crippen molar-refractivity contribution in [2.45, 2.75) is 34.6 Å². The summed E-state index contributed by atoms with van der Waals surface area (Å²) in [6, 6.07) is 0. The highest BCUT2D eigenvalue weighted by Crippen LogP contribution is 2.18. The largest absolute Gasteiger partial charge is 0.349 e. The Balaban J connectivity index is 0.000000671. The Morgan fingerprint density at radius 2 is 1.85 bits per heavy atom. The lowest BCUT2D eigenvalue weighted by molar-refractivity contribution is 0.857. The quantitative estimate of drug-likeness (QED) is 0.744. The minimum absolute atomic E-state index is 1.05. The molecule has 0 aliphatic heterocycles. The van der Waals surface area contributed by atoms with Crippen LogP contribution < -0.4 is 4.90 Å². The van der Waals surface area contributed by atoms with E-state index < -0.39 is 0 Å². The summed E-state index contributed by atoms with van der Waals surface area (Å²) >= 11 is 1.72. The molecule has 0 aliphatic carbocycles. The SMILES string of the molecule is CC.CCN(CC)c1nc(C)cs1. The standard InChI is InChI=1S/C8H14N2S.C2H6/c1-4-10(5-2)8-9-7(3)6-11-8;1-2/h6H,4-5H2,1-3H3;1-2H3. The number of aromatic nitrogens is 1. The van der Waals surface area contributed by atoms with E-state index in [4.69, 9.17) is 0 Å². The van der Waals surface area contributed by atoms with Gasteiger partial charge < -0.3 is 4.90 Å². The van der Waals surface area contributed by atoms with Gasteiger partial charge in [0.2, 0.25) is 0 Å². The first-order valence-electron chi connectivity index (χ1n) is 4.95. The smallest absolute Gasteiger partial charge is 0.185 e. The summed E-state index contributed by atoms with van der Waals surface area (Å²) in [5.74, 6) is 0. The van der Waals surface area contributed by atoms with Crippen LogP contribution in [0.2, 0.25) is 0 Å². The molecule has 0 unspecified atom stereocenters. The van der Waals surface area contributed by atoms with Gasteiger partial charge >= 0.3 is 0 Å². The average molecular weight is 200 g/mol. The minimum atomic E-state index is 1.05. The van der Waals surface area contributed by atoms with Gasteiger partial charge in [0.25, 0.3) is 0 Å². The van der Waals surface area contributed by atoms with Crippen LogP contribution in [0.5, 0.6) is 0 Å². The van der Waals surface area contributed by atoms with Crippen molar-refractivity contribution in [2.24, 2.45) is 0 Å². The maximum atomic E-state index is 4.40. The minimum Gasteiger partial charge on any atom is -0.349 e. The van der Waals surface area contributed by atoms with Crippen LogP contribution in [0.4, 0.5) is 5.13 Å². The first-order chi connectivity index (χ1) is 6.27. The van der Waals surface area contributed by atoms with Crippen LogP contribution >= 0.6 is 11.3 Å². The van der Waals surface area contributed by atoms with Crippen LogP contribution in [-0.2, 0) is 0 Å². The maximum absolute atomic E-state index is 4.40. The van der Waals surface area contributed by atoms with Crippen LogP contribution in [-0.4, -0.2) is 18.1 Å². The molecule has 0 N–H and O–H groups in total. The van der Waals surface area contributed by atoms with E-state index in [1.807, 2.05) is 20.8 Å². The Morgan fingerprint density at radius 3 is 2.15 bits per heavy atom. The molecule has 0 radical (unpaired) electrons. The third-order valence-corrected chi connectivity index (χ3v) is 2.66. The van der Waals surface area contributed by atoms with E-state index in [9.17, 15) is 0 Å². The van der Waals surface area contributed by atoms with Gasteiger partial charge in [-0.05, 0) is 20.8 Å². The molecule has 1 heterocycles. The summed E-state index contributed by atoms with van der Waals surface area (Å²) < 4.78 is 0. The van der Waals surface area contributed by atoms with Crippen molar-refractivity contribution in [1.82, 2.24) is 4.98 Å². The Bertz CT molecular complexity index is 216. The zero-order valence-corrected chi connectivity index (χ0v) is 10.1. The van der Waals surface area contributed by atoms with Gasteiger partial charge in [-0.15, -0.1) is 11.3 Å². The number of thiazole rings is 1. The van der Waals surface area contributed by atoms with Gasteiger partial charge in [-0.25, -0.2) is 4.98 Å². The first-order valence-corrected chi connectivity index (χ1v) is 5.83. The molecule has 0 bridgehead atoms. The molecule has 0 spiro atoms. The molecule has 1 aromatic heterocycles. The Morgan fingerprint density at radius 1 is 1.31 bits per heavy atom. The molecule has 0 amide bonds. The zero-order valence-electron chi connectivity index (χ0n) is 9.29. The highest BCUT2D eigenvalue weighted by atomic mass is 32.1. The molecule has 1 rings (SSSR count). The van der Waals surface area contributed by atoms with Crippen molar-refractivity contribution >= 4 is 16.5 Å². The second-order valence-corrected chi connectivity index (χ2v) is 3.28. The average Bonchev–Trinajstić information content (AvgIpc) is 2.58. The van der Waals surface area contributed by atoms with E-state index >= 15 is 0 Å². The van der Waals surface area contributed by atoms with Crippen LogP contribution in [0, 0.1) is 6.92 Å². The van der Waals surface area contributed by atoms with E-state index in [1.54, 1.807) is 11.3 Å². The number of anilines is 1. The van der Waals surface area contributed by atoms with Crippen LogP contribution in [0.3, 0.4) is 0 Å². The fraction of sp³-hybridized carbons (Fsp3) is 0.700. The van der Waals surface area contributed by atoms with Crippen molar-refractivity contribution in [1.29, 1.82) is 0 Å². The highest BCUT2D eigenvalue weighted by Gasteiger charge is 2.04. The summed E-state index contributed by atoms with van der Waals surface area (Å²) in [6.45, 7) is 12.4. The predicted molar refractivity (Wildman–Crippen MR) is 61.8 cm³/mol. The van der Waals surface area contributed by atoms with Crippen LogP contribution in [0.25, 0.3) is 0 Å². The first kappa shape index (κ1) is 12.4. The number of aryl methyl sites for hydroxylation is 1. The topological polar surface area (TPSA) is 16.1 Å². The fourth-order valence-electron chi connectivity index (χ4n) is 0.981. The molecule has 1 aromatic rings. The molecule has 0 aromatic carbocycles. The third-order valence-electron chi connectivity index (χ3n) is 1.64. The van der Waals surface area contributed by atoms with E-state index in [2.05, 4.69) is 29.1 Å². The number of nitrogens with zero attached hydrogens (tertiary/aromatic N) is 2. The molecule has 76 valence electrons. The van der Waals surface area contributed by atoms with E-state index in [0.29, 0.717) is 0 Å². The van der Waals surface area contributed by atoms with Crippen molar-refractivity contribution in [3.8, 4) is 0 Å². The van der Waals surface area contributed by atoms with Gasteiger partial charge in [-0.1, -0.05) is 13.8 Å². The third kappa shape index (κ3) is 3.77. The molecule has 13 heavy (non-hydrogen) atoms. The van der Waals surface area contributed by atoms with Gasteiger partial charge in [0, 0.05) is 18.5 Å². The number of hydrogen-bond donors (Lipinski definition) is 0. The van der Waals surface area contributed by atoms with Gasteiger partial charge in [-0.2, -0.15) is 0 Å². The highest BCUT2D eigenvalue weighted by molar-refractivity contribution is 7.13. The van der Waals surface area contributed by atoms with Crippen molar-refractivity contribution in [3.63, 3.8) is 0 Å². The molecule has 0 atom stereocenters. The molecule has 0 fully saturated rings. The van der Waals surface area contributed by atoms with Crippen molar-refractivity contribution < 1.29 is 0 Å². The Kier molecular flexibility index (Phi) is 6.59. The van der Waals surface area contributed by atoms with Gasteiger partial charge in [0.1, 0.15) is 0 Å². The zero-order chi connectivity index (χ0) is 10.3. The fourth-order valence-corrected chi connectivity index (χ4v) is 1.91. The second kappa shape index (κ2) is 6.89. The van der Waals surface area contributed by atoms with E-state index in [1.165, 1.54) is 0 Å². The summed E-state index contributed by atoms with van der Waals surface area (Å²) in [6.07, 6.45) is 0. The van der Waals surface area contributed by atoms with Crippen molar-refractivity contribution in [3.05, 3.63) is 11.1 Å². The Labute approximate surface area is 85.6 Å². The monoisotopic (exact) mass is 200 g/mol. The predicted octanol–water partition coefficient (Wildman–Crippen LogP) is 3.32. The molecule has 0 aliphatic rings. The van der Waals surface area contributed by atoms with Gasteiger partial charge in [0.15, 0.2) is 5.13 Å². The Hall–Kier alpha value is -0.570. The lowest BCUT2D eigenvalue weighted by Crippen LogP contribution is -2.21. The van der Waals surface area contributed by atoms with E-state index in [-0.39, 0.29) is 0 Å². The maximum Gasteiger partial charge on any atom is 0.185 e. The molecule has 2 nitrogen and oxygen atoms in total. The second-order valence-electron chi connectivity index (χ2n) is 2.44. The van der Waals surface area contributed by atoms with Crippen LogP contribution in [0.1, 0.15) is 33.4 Å². The molecule has 0 saturated carbocycles. The summed E-state index contributed by atoms with van der Waals surface area (Å²) in [5, 5.41) is 3.24. The molecule has 3 heteroatoms. The van der Waals surface area contributed by atoms with E-state index in [0.717, 1.165) is 23.9 Å². The lowest BCUT2D eigenvalue weighted by Gasteiger charge is -2.16. The molecular weight excluding hydrogens is 180 g/mol.